The average molecular weight is 566 g/mol. The first-order valence-corrected chi connectivity index (χ1v) is 12.0. The van der Waals surface area contributed by atoms with Gasteiger partial charge in [-0.2, -0.15) is 0 Å². The molecule has 3 rings (SSSR count). The second-order valence-corrected chi connectivity index (χ2v) is 9.47. The summed E-state index contributed by atoms with van der Waals surface area (Å²) in [5, 5.41) is 15.1. The predicted molar refractivity (Wildman–Crippen MR) is 133 cm³/mol. The molecule has 1 saturated heterocycles. The molecule has 0 bridgehead atoms. The summed E-state index contributed by atoms with van der Waals surface area (Å²) in [6.07, 6.45) is 0. The topological polar surface area (TPSA) is 97.3 Å². The molecule has 2 aromatic rings. The molecule has 1 aliphatic rings. The van der Waals surface area contributed by atoms with E-state index in [0.29, 0.717) is 16.5 Å². The number of phenols is 1. The Bertz CT molecular complexity index is 914. The number of halogens is 1. The lowest BCUT2D eigenvalue weighted by Gasteiger charge is -2.37. The van der Waals surface area contributed by atoms with Crippen molar-refractivity contribution in [3.8, 4) is 5.75 Å². The summed E-state index contributed by atoms with van der Waals surface area (Å²) in [4.78, 5) is 8.89. The first-order valence-electron chi connectivity index (χ1n) is 9.60. The third kappa shape index (κ3) is 6.46. The van der Waals surface area contributed by atoms with Gasteiger partial charge in [-0.1, -0.05) is 18.2 Å². The Morgan fingerprint density at radius 2 is 1.90 bits per heavy atom. The fourth-order valence-electron chi connectivity index (χ4n) is 3.15. The van der Waals surface area contributed by atoms with Crippen LogP contribution in [0.3, 0.4) is 0 Å². The maximum atomic E-state index is 12.2. The fourth-order valence-corrected chi connectivity index (χ4v) is 5.20. The first kappa shape index (κ1) is 24.7. The number of rotatable bonds is 7. The van der Waals surface area contributed by atoms with Crippen LogP contribution in [0.1, 0.15) is 6.92 Å². The summed E-state index contributed by atoms with van der Waals surface area (Å²) in [6, 6.07) is 10.7. The van der Waals surface area contributed by atoms with Gasteiger partial charge in [-0.05, 0) is 30.5 Å². The molecule has 166 valence electrons. The van der Waals surface area contributed by atoms with Crippen LogP contribution in [-0.4, -0.2) is 70.2 Å². The number of anilines is 1. The maximum absolute atomic E-state index is 12.2. The third-order valence-corrected chi connectivity index (χ3v) is 7.42. The van der Waals surface area contributed by atoms with Gasteiger partial charge in [-0.15, -0.1) is 35.3 Å². The van der Waals surface area contributed by atoms with Gasteiger partial charge in [-0.3, -0.25) is 4.99 Å². The number of nitrogens with zero attached hydrogens (tertiary/aromatic N) is 3. The van der Waals surface area contributed by atoms with Crippen molar-refractivity contribution >= 4 is 57.0 Å². The standard InChI is InChI=1S/C19H27N5O3S2.HI/c1-2-20-19(21-9-10-22-29(26,27)18-8-5-15-28-18)24-13-11-23(12-14-24)16-6-3-4-7-17(16)25;/h3-8,15,22,25H,2,9-14H2,1H3,(H,20,21);1H. The minimum atomic E-state index is -3.46. The molecule has 0 radical (unpaired) electrons. The van der Waals surface area contributed by atoms with Crippen LogP contribution in [0.4, 0.5) is 5.69 Å². The summed E-state index contributed by atoms with van der Waals surface area (Å²) in [5.74, 6) is 1.07. The van der Waals surface area contributed by atoms with E-state index in [-0.39, 0.29) is 30.5 Å². The summed E-state index contributed by atoms with van der Waals surface area (Å²) >= 11 is 1.20. The largest absolute Gasteiger partial charge is 0.506 e. The lowest BCUT2D eigenvalue weighted by atomic mass is 10.2. The lowest BCUT2D eigenvalue weighted by molar-refractivity contribution is 0.370. The summed E-state index contributed by atoms with van der Waals surface area (Å²) < 4.78 is 27.2. The molecular weight excluding hydrogens is 537 g/mol. The van der Waals surface area contributed by atoms with Crippen molar-refractivity contribution in [1.29, 1.82) is 0 Å². The number of aromatic hydroxyl groups is 1. The van der Waals surface area contributed by atoms with E-state index in [4.69, 9.17) is 0 Å². The Balaban J connectivity index is 0.00000320. The van der Waals surface area contributed by atoms with Crippen LogP contribution in [0, 0.1) is 0 Å². The molecule has 0 spiro atoms. The zero-order valence-electron chi connectivity index (χ0n) is 16.8. The van der Waals surface area contributed by atoms with Gasteiger partial charge in [0.25, 0.3) is 0 Å². The molecule has 3 N–H and O–H groups in total. The van der Waals surface area contributed by atoms with E-state index in [1.54, 1.807) is 23.6 Å². The SMILES string of the molecule is CCNC(=NCCNS(=O)(=O)c1cccs1)N1CCN(c2ccccc2O)CC1.I. The number of phenolic OH excluding ortho intramolecular Hbond substituents is 1. The first-order chi connectivity index (χ1) is 14.0. The van der Waals surface area contributed by atoms with E-state index in [1.807, 2.05) is 25.1 Å². The van der Waals surface area contributed by atoms with Gasteiger partial charge in [0, 0.05) is 39.3 Å². The molecule has 2 heterocycles. The lowest BCUT2D eigenvalue weighted by Crippen LogP contribution is -2.52. The van der Waals surface area contributed by atoms with Gasteiger partial charge < -0.3 is 20.2 Å². The zero-order chi connectivity index (χ0) is 20.7. The summed E-state index contributed by atoms with van der Waals surface area (Å²) in [6.45, 7) is 6.41. The van der Waals surface area contributed by atoms with Gasteiger partial charge in [0.1, 0.15) is 9.96 Å². The highest BCUT2D eigenvalue weighted by Crippen LogP contribution is 2.27. The van der Waals surface area contributed by atoms with Crippen LogP contribution < -0.4 is 14.9 Å². The fraction of sp³-hybridized carbons (Fsp3) is 0.421. The Labute approximate surface area is 199 Å². The molecule has 0 aliphatic carbocycles. The number of thiophene rings is 1. The molecule has 0 atom stereocenters. The molecule has 30 heavy (non-hydrogen) atoms. The highest BCUT2D eigenvalue weighted by Gasteiger charge is 2.21. The number of benzene rings is 1. The van der Waals surface area contributed by atoms with Crippen molar-refractivity contribution in [2.75, 3.05) is 50.7 Å². The molecule has 1 fully saturated rings. The number of aliphatic imine (C=N–C) groups is 1. The van der Waals surface area contributed by atoms with Crippen molar-refractivity contribution < 1.29 is 13.5 Å². The minimum Gasteiger partial charge on any atom is -0.506 e. The van der Waals surface area contributed by atoms with E-state index in [0.717, 1.165) is 44.4 Å². The molecule has 1 aromatic carbocycles. The number of para-hydroxylation sites is 2. The van der Waals surface area contributed by atoms with Crippen LogP contribution in [0.2, 0.25) is 0 Å². The second kappa shape index (κ2) is 11.7. The number of nitrogens with one attached hydrogen (secondary N) is 2. The van der Waals surface area contributed by atoms with Crippen LogP contribution in [0.5, 0.6) is 5.75 Å². The summed E-state index contributed by atoms with van der Waals surface area (Å²) in [7, 11) is -3.46. The third-order valence-electron chi connectivity index (χ3n) is 4.56. The molecule has 11 heteroatoms. The van der Waals surface area contributed by atoms with Gasteiger partial charge in [0.2, 0.25) is 10.0 Å². The van der Waals surface area contributed by atoms with Gasteiger partial charge in [0.05, 0.1) is 12.2 Å². The molecule has 0 unspecified atom stereocenters. The van der Waals surface area contributed by atoms with Crippen molar-refractivity contribution in [3.05, 3.63) is 41.8 Å². The quantitative estimate of drug-likeness (QED) is 0.206. The Hall–Kier alpha value is -1.57. The minimum absolute atomic E-state index is 0. The predicted octanol–water partition coefficient (Wildman–Crippen LogP) is 2.14. The van der Waals surface area contributed by atoms with Crippen molar-refractivity contribution in [1.82, 2.24) is 14.9 Å². The highest BCUT2D eigenvalue weighted by molar-refractivity contribution is 14.0. The highest BCUT2D eigenvalue weighted by atomic mass is 127. The van der Waals surface area contributed by atoms with E-state index in [9.17, 15) is 13.5 Å². The monoisotopic (exact) mass is 565 g/mol. The summed E-state index contributed by atoms with van der Waals surface area (Å²) in [5.41, 5.74) is 0.845. The molecule has 8 nitrogen and oxygen atoms in total. The number of hydrogen-bond donors (Lipinski definition) is 3. The average Bonchev–Trinajstić information content (AvgIpc) is 3.27. The van der Waals surface area contributed by atoms with Gasteiger partial charge in [-0.25, -0.2) is 13.1 Å². The Morgan fingerprint density at radius 1 is 1.17 bits per heavy atom. The van der Waals surface area contributed by atoms with Crippen LogP contribution in [0.15, 0.2) is 51.0 Å². The van der Waals surface area contributed by atoms with E-state index in [1.165, 1.54) is 11.3 Å². The van der Waals surface area contributed by atoms with Crippen LogP contribution in [-0.2, 0) is 10.0 Å². The van der Waals surface area contributed by atoms with Crippen molar-refractivity contribution in [3.63, 3.8) is 0 Å². The normalized spacial score (nSPS) is 15.0. The smallest absolute Gasteiger partial charge is 0.250 e. The van der Waals surface area contributed by atoms with Gasteiger partial charge in [0.15, 0.2) is 5.96 Å². The molecule has 1 aliphatic heterocycles. The molecule has 0 saturated carbocycles. The van der Waals surface area contributed by atoms with E-state index in [2.05, 4.69) is 24.8 Å². The molecule has 0 amide bonds. The maximum Gasteiger partial charge on any atom is 0.250 e. The molecule has 1 aromatic heterocycles. The number of sulfonamides is 1. The van der Waals surface area contributed by atoms with Crippen LogP contribution in [0.25, 0.3) is 0 Å². The van der Waals surface area contributed by atoms with Crippen LogP contribution >= 0.6 is 35.3 Å². The number of piperazine rings is 1. The second-order valence-electron chi connectivity index (χ2n) is 6.53. The molecular formula is C19H28IN5O3S2. The zero-order valence-corrected chi connectivity index (χ0v) is 20.8. The Kier molecular flexibility index (Phi) is 9.65. The number of guanidine groups is 1. The van der Waals surface area contributed by atoms with Gasteiger partial charge >= 0.3 is 0 Å². The van der Waals surface area contributed by atoms with E-state index >= 15 is 0 Å². The van der Waals surface area contributed by atoms with E-state index < -0.39 is 10.0 Å². The van der Waals surface area contributed by atoms with Crippen molar-refractivity contribution in [2.24, 2.45) is 4.99 Å². The Morgan fingerprint density at radius 3 is 2.53 bits per heavy atom. The number of hydrogen-bond acceptors (Lipinski definition) is 6. The van der Waals surface area contributed by atoms with Crippen molar-refractivity contribution in [2.45, 2.75) is 11.1 Å².